The van der Waals surface area contributed by atoms with Gasteiger partial charge in [0.2, 0.25) is 11.3 Å². The van der Waals surface area contributed by atoms with Gasteiger partial charge in [-0.2, -0.15) is 5.10 Å². The molecule has 7 nitrogen and oxygen atoms in total. The van der Waals surface area contributed by atoms with Gasteiger partial charge in [-0.25, -0.2) is 4.39 Å². The number of amides is 2. The third kappa shape index (κ3) is 3.91. The van der Waals surface area contributed by atoms with Gasteiger partial charge >= 0.3 is 0 Å². The maximum Gasteiger partial charge on any atom is 0.255 e. The third-order valence-corrected chi connectivity index (χ3v) is 5.44. The van der Waals surface area contributed by atoms with Crippen LogP contribution in [0.25, 0.3) is 10.9 Å². The van der Waals surface area contributed by atoms with E-state index >= 15 is 0 Å². The Hall–Kier alpha value is -3.26. The first kappa shape index (κ1) is 20.0. The minimum absolute atomic E-state index is 0.00146. The van der Waals surface area contributed by atoms with Crippen LogP contribution in [0.15, 0.2) is 53.5 Å². The van der Waals surface area contributed by atoms with Crippen molar-refractivity contribution < 1.29 is 14.0 Å². The highest BCUT2D eigenvalue weighted by atomic mass is 35.5. The summed E-state index contributed by atoms with van der Waals surface area (Å²) in [6.45, 7) is 1.41. The van der Waals surface area contributed by atoms with Crippen molar-refractivity contribution in [1.29, 1.82) is 0 Å². The van der Waals surface area contributed by atoms with Gasteiger partial charge in [-0.1, -0.05) is 23.7 Å². The van der Waals surface area contributed by atoms with E-state index in [1.165, 1.54) is 23.0 Å². The zero-order valence-corrected chi connectivity index (χ0v) is 16.7. The first-order valence-electron chi connectivity index (χ1n) is 9.41. The van der Waals surface area contributed by atoms with E-state index < -0.39 is 5.82 Å². The fourth-order valence-electron chi connectivity index (χ4n) is 3.51. The van der Waals surface area contributed by atoms with Crippen molar-refractivity contribution in [1.82, 2.24) is 19.6 Å². The van der Waals surface area contributed by atoms with E-state index in [1.54, 1.807) is 34.1 Å². The summed E-state index contributed by atoms with van der Waals surface area (Å²) < 4.78 is 14.7. The van der Waals surface area contributed by atoms with Crippen LogP contribution in [0, 0.1) is 5.82 Å². The number of rotatable bonds is 3. The standard InChI is InChI=1S/C21H18ClFN4O3/c22-17-11-14(23)5-6-15(17)21(30)26-9-7-25(8-10-26)20(29)13-27-18-4-2-1-3-16(18)19(28)12-24-27/h1-6,11-12H,7-10,13H2. The Bertz CT molecular complexity index is 1190. The Morgan fingerprint density at radius 2 is 1.73 bits per heavy atom. The summed E-state index contributed by atoms with van der Waals surface area (Å²) in [5.41, 5.74) is 0.640. The van der Waals surface area contributed by atoms with Crippen molar-refractivity contribution in [2.24, 2.45) is 0 Å². The molecule has 1 saturated heterocycles. The zero-order chi connectivity index (χ0) is 21.3. The number of piperazine rings is 1. The molecule has 0 saturated carbocycles. The van der Waals surface area contributed by atoms with Gasteiger partial charge in [0.25, 0.3) is 5.91 Å². The fourth-order valence-corrected chi connectivity index (χ4v) is 3.76. The molecule has 0 bridgehead atoms. The first-order chi connectivity index (χ1) is 14.4. The number of benzene rings is 2. The lowest BCUT2D eigenvalue weighted by atomic mass is 10.1. The normalized spacial score (nSPS) is 14.2. The third-order valence-electron chi connectivity index (χ3n) is 5.13. The molecule has 1 aromatic heterocycles. The maximum absolute atomic E-state index is 13.2. The van der Waals surface area contributed by atoms with Crippen LogP contribution < -0.4 is 5.43 Å². The summed E-state index contributed by atoms with van der Waals surface area (Å²) >= 11 is 5.99. The summed E-state index contributed by atoms with van der Waals surface area (Å²) in [6.07, 6.45) is 1.21. The SMILES string of the molecule is O=C(Cn1ncc(=O)c2ccccc21)N1CCN(C(=O)c2ccc(F)cc2Cl)CC1. The topological polar surface area (TPSA) is 75.5 Å². The summed E-state index contributed by atoms with van der Waals surface area (Å²) in [5.74, 6) is -0.945. The molecule has 0 unspecified atom stereocenters. The zero-order valence-electron chi connectivity index (χ0n) is 15.9. The maximum atomic E-state index is 13.2. The molecule has 0 atom stereocenters. The molecular formula is C21H18ClFN4O3. The largest absolute Gasteiger partial charge is 0.338 e. The molecule has 1 fully saturated rings. The average Bonchev–Trinajstić information content (AvgIpc) is 2.75. The van der Waals surface area contributed by atoms with Gasteiger partial charge in [0, 0.05) is 31.6 Å². The highest BCUT2D eigenvalue weighted by Crippen LogP contribution is 2.20. The second-order valence-corrected chi connectivity index (χ2v) is 7.39. The molecule has 30 heavy (non-hydrogen) atoms. The molecule has 2 aromatic carbocycles. The number of hydrogen-bond donors (Lipinski definition) is 0. The van der Waals surface area contributed by atoms with Crippen molar-refractivity contribution >= 4 is 34.3 Å². The minimum Gasteiger partial charge on any atom is -0.338 e. The second kappa shape index (κ2) is 8.23. The van der Waals surface area contributed by atoms with Crippen LogP contribution in [0.4, 0.5) is 4.39 Å². The summed E-state index contributed by atoms with van der Waals surface area (Å²) in [4.78, 5) is 40.6. The Kier molecular flexibility index (Phi) is 5.50. The molecule has 4 rings (SSSR count). The van der Waals surface area contributed by atoms with E-state index in [9.17, 15) is 18.8 Å². The average molecular weight is 429 g/mol. The molecule has 1 aliphatic rings. The van der Waals surface area contributed by atoms with Crippen LogP contribution in [0.5, 0.6) is 0 Å². The second-order valence-electron chi connectivity index (χ2n) is 6.98. The number of aromatic nitrogens is 2. The van der Waals surface area contributed by atoms with Crippen molar-refractivity contribution in [3.63, 3.8) is 0 Å². The Balaban J connectivity index is 1.42. The van der Waals surface area contributed by atoms with Gasteiger partial charge in [0.05, 0.1) is 22.3 Å². The molecule has 154 valence electrons. The molecule has 1 aliphatic heterocycles. The number of carbonyl (C=O) groups is 2. The van der Waals surface area contributed by atoms with Gasteiger partial charge in [-0.15, -0.1) is 0 Å². The monoisotopic (exact) mass is 428 g/mol. The molecule has 9 heteroatoms. The molecule has 0 spiro atoms. The van der Waals surface area contributed by atoms with E-state index in [1.807, 2.05) is 0 Å². The van der Waals surface area contributed by atoms with Crippen LogP contribution >= 0.6 is 11.6 Å². The summed E-state index contributed by atoms with van der Waals surface area (Å²) in [6, 6.07) is 10.7. The fraction of sp³-hybridized carbons (Fsp3) is 0.238. The quantitative estimate of drug-likeness (QED) is 0.640. The van der Waals surface area contributed by atoms with Gasteiger partial charge in [0.15, 0.2) is 0 Å². The predicted molar refractivity (Wildman–Crippen MR) is 110 cm³/mol. The molecule has 2 heterocycles. The number of hydrogen-bond acceptors (Lipinski definition) is 4. The van der Waals surface area contributed by atoms with E-state index in [4.69, 9.17) is 11.6 Å². The van der Waals surface area contributed by atoms with Gasteiger partial charge in [0.1, 0.15) is 12.4 Å². The molecule has 0 N–H and O–H groups in total. The van der Waals surface area contributed by atoms with Crippen molar-refractivity contribution in [3.05, 3.63) is 75.3 Å². The highest BCUT2D eigenvalue weighted by molar-refractivity contribution is 6.33. The number of halogens is 2. The number of carbonyl (C=O) groups excluding carboxylic acids is 2. The van der Waals surface area contributed by atoms with Crippen molar-refractivity contribution in [2.75, 3.05) is 26.2 Å². The molecule has 0 aliphatic carbocycles. The molecule has 2 amide bonds. The number of para-hydroxylation sites is 1. The van der Waals surface area contributed by atoms with E-state index in [2.05, 4.69) is 5.10 Å². The highest BCUT2D eigenvalue weighted by Gasteiger charge is 2.26. The van der Waals surface area contributed by atoms with E-state index in [0.29, 0.717) is 37.1 Å². The van der Waals surface area contributed by atoms with E-state index in [0.717, 1.165) is 6.07 Å². The Morgan fingerprint density at radius 3 is 2.47 bits per heavy atom. The minimum atomic E-state index is -0.504. The molecule has 0 radical (unpaired) electrons. The Labute approximate surface area is 176 Å². The lowest BCUT2D eigenvalue weighted by molar-refractivity contribution is -0.133. The summed E-state index contributed by atoms with van der Waals surface area (Å²) in [5, 5.41) is 4.66. The van der Waals surface area contributed by atoms with E-state index in [-0.39, 0.29) is 34.4 Å². The smallest absolute Gasteiger partial charge is 0.255 e. The lowest BCUT2D eigenvalue weighted by Crippen LogP contribution is -2.51. The van der Waals surface area contributed by atoms with Crippen LogP contribution in [-0.2, 0) is 11.3 Å². The molecular weight excluding hydrogens is 411 g/mol. The van der Waals surface area contributed by atoms with Crippen molar-refractivity contribution in [2.45, 2.75) is 6.54 Å². The molecule has 3 aromatic rings. The lowest BCUT2D eigenvalue weighted by Gasteiger charge is -2.35. The summed E-state index contributed by atoms with van der Waals surface area (Å²) in [7, 11) is 0. The van der Waals surface area contributed by atoms with Gasteiger partial charge in [-0.3, -0.25) is 19.1 Å². The van der Waals surface area contributed by atoms with Crippen LogP contribution in [-0.4, -0.2) is 57.6 Å². The predicted octanol–water partition coefficient (Wildman–Crippen LogP) is 2.17. The number of fused-ring (bicyclic) bond motifs is 1. The number of nitrogens with zero attached hydrogens (tertiary/aromatic N) is 4. The van der Waals surface area contributed by atoms with Gasteiger partial charge < -0.3 is 9.80 Å². The van der Waals surface area contributed by atoms with Crippen LogP contribution in [0.1, 0.15) is 10.4 Å². The Morgan fingerprint density at radius 1 is 1.03 bits per heavy atom. The first-order valence-corrected chi connectivity index (χ1v) is 9.79. The van der Waals surface area contributed by atoms with Gasteiger partial charge in [-0.05, 0) is 30.3 Å². The van der Waals surface area contributed by atoms with Crippen LogP contribution in [0.2, 0.25) is 5.02 Å². The van der Waals surface area contributed by atoms with Crippen LogP contribution in [0.3, 0.4) is 0 Å². The van der Waals surface area contributed by atoms with Crippen molar-refractivity contribution in [3.8, 4) is 0 Å².